The molecular formula is C20H16N2O2. The SMILES string of the molecule is C#CCOc1ccccc1/C=C(\C#N)C(=O)Nc1cccc(C)c1. The maximum atomic E-state index is 12.3. The van der Waals surface area contributed by atoms with Crippen molar-refractivity contribution in [2.75, 3.05) is 11.9 Å². The minimum atomic E-state index is -0.477. The fourth-order valence-electron chi connectivity index (χ4n) is 2.08. The Morgan fingerprint density at radius 2 is 2.08 bits per heavy atom. The Kier molecular flexibility index (Phi) is 5.77. The van der Waals surface area contributed by atoms with Crippen molar-refractivity contribution in [2.24, 2.45) is 0 Å². The molecular weight excluding hydrogens is 300 g/mol. The summed E-state index contributed by atoms with van der Waals surface area (Å²) in [6.45, 7) is 2.04. The normalized spacial score (nSPS) is 10.4. The summed E-state index contributed by atoms with van der Waals surface area (Å²) in [7, 11) is 0. The van der Waals surface area contributed by atoms with E-state index < -0.39 is 5.91 Å². The molecule has 2 rings (SSSR count). The van der Waals surface area contributed by atoms with Crippen LogP contribution in [0.15, 0.2) is 54.1 Å². The number of nitrogens with one attached hydrogen (secondary N) is 1. The second-order valence-electron chi connectivity index (χ2n) is 5.02. The molecule has 0 fully saturated rings. The average molecular weight is 316 g/mol. The fraction of sp³-hybridized carbons (Fsp3) is 0.100. The van der Waals surface area contributed by atoms with E-state index >= 15 is 0 Å². The van der Waals surface area contributed by atoms with Crippen molar-refractivity contribution < 1.29 is 9.53 Å². The van der Waals surface area contributed by atoms with E-state index in [1.165, 1.54) is 6.08 Å². The summed E-state index contributed by atoms with van der Waals surface area (Å²) < 4.78 is 5.42. The molecule has 0 radical (unpaired) electrons. The third kappa shape index (κ3) is 4.50. The predicted octanol–water partition coefficient (Wildman–Crippen LogP) is 3.55. The number of terminal acetylenes is 1. The minimum Gasteiger partial charge on any atom is -0.480 e. The monoisotopic (exact) mass is 316 g/mol. The summed E-state index contributed by atoms with van der Waals surface area (Å²) in [6.07, 6.45) is 6.68. The van der Waals surface area contributed by atoms with Crippen LogP contribution in [0.1, 0.15) is 11.1 Å². The number of ether oxygens (including phenoxy) is 1. The first-order valence-corrected chi connectivity index (χ1v) is 7.29. The Hall–Kier alpha value is -3.50. The summed E-state index contributed by atoms with van der Waals surface area (Å²) in [5, 5.41) is 12.0. The Morgan fingerprint density at radius 1 is 1.29 bits per heavy atom. The van der Waals surface area contributed by atoms with Crippen molar-refractivity contribution in [1.82, 2.24) is 0 Å². The van der Waals surface area contributed by atoms with Gasteiger partial charge >= 0.3 is 0 Å². The predicted molar refractivity (Wildman–Crippen MR) is 94.2 cm³/mol. The Morgan fingerprint density at radius 3 is 2.79 bits per heavy atom. The van der Waals surface area contributed by atoms with Crippen LogP contribution in [0, 0.1) is 30.6 Å². The van der Waals surface area contributed by atoms with Gasteiger partial charge in [-0.3, -0.25) is 4.79 Å². The first kappa shape index (κ1) is 16.9. The molecule has 118 valence electrons. The molecule has 0 spiro atoms. The smallest absolute Gasteiger partial charge is 0.266 e. The van der Waals surface area contributed by atoms with Crippen molar-refractivity contribution in [2.45, 2.75) is 6.92 Å². The molecule has 0 heterocycles. The zero-order valence-electron chi connectivity index (χ0n) is 13.2. The topological polar surface area (TPSA) is 62.1 Å². The van der Waals surface area contributed by atoms with Crippen LogP contribution < -0.4 is 10.1 Å². The van der Waals surface area contributed by atoms with Crippen LogP contribution in [-0.2, 0) is 4.79 Å². The number of nitrogens with zero attached hydrogens (tertiary/aromatic N) is 1. The maximum absolute atomic E-state index is 12.3. The summed E-state index contributed by atoms with van der Waals surface area (Å²) >= 11 is 0. The van der Waals surface area contributed by atoms with Crippen LogP contribution in [-0.4, -0.2) is 12.5 Å². The van der Waals surface area contributed by atoms with Gasteiger partial charge in [0.25, 0.3) is 5.91 Å². The molecule has 0 bridgehead atoms. The van der Waals surface area contributed by atoms with Crippen LogP contribution in [0.3, 0.4) is 0 Å². The Balaban J connectivity index is 2.25. The van der Waals surface area contributed by atoms with Gasteiger partial charge in [-0.05, 0) is 36.8 Å². The van der Waals surface area contributed by atoms with E-state index in [0.717, 1.165) is 5.56 Å². The molecule has 2 aromatic rings. The summed E-state index contributed by atoms with van der Waals surface area (Å²) in [4.78, 5) is 12.3. The van der Waals surface area contributed by atoms with Gasteiger partial charge in [0.1, 0.15) is 24.0 Å². The number of amides is 1. The number of anilines is 1. The number of aryl methyl sites for hydroxylation is 1. The van der Waals surface area contributed by atoms with E-state index in [2.05, 4.69) is 11.2 Å². The van der Waals surface area contributed by atoms with E-state index in [9.17, 15) is 10.1 Å². The number of para-hydroxylation sites is 1. The van der Waals surface area contributed by atoms with Crippen LogP contribution in [0.2, 0.25) is 0 Å². The lowest BCUT2D eigenvalue weighted by molar-refractivity contribution is -0.112. The van der Waals surface area contributed by atoms with Crippen molar-refractivity contribution in [1.29, 1.82) is 5.26 Å². The highest BCUT2D eigenvalue weighted by atomic mass is 16.5. The minimum absolute atomic E-state index is 0.0201. The van der Waals surface area contributed by atoms with Crippen LogP contribution in [0.4, 0.5) is 5.69 Å². The molecule has 0 atom stereocenters. The number of benzene rings is 2. The lowest BCUT2D eigenvalue weighted by Crippen LogP contribution is -2.13. The van der Waals surface area contributed by atoms with Gasteiger partial charge in [-0.1, -0.05) is 36.3 Å². The number of hydrogen-bond acceptors (Lipinski definition) is 3. The first-order valence-electron chi connectivity index (χ1n) is 7.29. The van der Waals surface area contributed by atoms with Gasteiger partial charge in [0.05, 0.1) is 0 Å². The molecule has 0 unspecified atom stereocenters. The van der Waals surface area contributed by atoms with E-state index in [1.807, 2.05) is 31.2 Å². The standard InChI is InChI=1S/C20H16N2O2/c1-3-11-24-19-10-5-4-8-16(19)13-17(14-21)20(23)22-18-9-6-7-15(2)12-18/h1,4-10,12-13H,11H2,2H3,(H,22,23)/b17-13+. The first-order chi connectivity index (χ1) is 11.6. The second-order valence-corrected chi connectivity index (χ2v) is 5.02. The Bertz CT molecular complexity index is 854. The largest absolute Gasteiger partial charge is 0.480 e. The molecule has 0 saturated heterocycles. The number of rotatable bonds is 5. The molecule has 4 heteroatoms. The molecule has 2 aromatic carbocycles. The average Bonchev–Trinajstić information content (AvgIpc) is 2.58. The van der Waals surface area contributed by atoms with Gasteiger partial charge in [-0.25, -0.2) is 0 Å². The van der Waals surface area contributed by atoms with E-state index in [1.54, 1.807) is 30.3 Å². The number of hydrogen-bond donors (Lipinski definition) is 1. The lowest BCUT2D eigenvalue weighted by atomic mass is 10.1. The van der Waals surface area contributed by atoms with Gasteiger partial charge < -0.3 is 10.1 Å². The van der Waals surface area contributed by atoms with Crippen molar-refractivity contribution in [3.8, 4) is 24.2 Å². The zero-order chi connectivity index (χ0) is 17.4. The molecule has 0 aliphatic rings. The molecule has 24 heavy (non-hydrogen) atoms. The summed E-state index contributed by atoms with van der Waals surface area (Å²) in [6, 6.07) is 16.4. The van der Waals surface area contributed by atoms with Crippen LogP contribution in [0.5, 0.6) is 5.75 Å². The molecule has 0 aromatic heterocycles. The summed E-state index contributed by atoms with van der Waals surface area (Å²) in [5.41, 5.74) is 2.25. The summed E-state index contributed by atoms with van der Waals surface area (Å²) in [5.74, 6) is 2.43. The zero-order valence-corrected chi connectivity index (χ0v) is 13.2. The fourth-order valence-corrected chi connectivity index (χ4v) is 2.08. The van der Waals surface area contributed by atoms with E-state index in [-0.39, 0.29) is 12.2 Å². The third-order valence-electron chi connectivity index (χ3n) is 3.17. The molecule has 1 N–H and O–H groups in total. The quantitative estimate of drug-likeness (QED) is 0.521. The van der Waals surface area contributed by atoms with Gasteiger partial charge in [-0.2, -0.15) is 5.26 Å². The van der Waals surface area contributed by atoms with Crippen molar-refractivity contribution in [3.05, 3.63) is 65.2 Å². The van der Waals surface area contributed by atoms with Crippen molar-refractivity contribution >= 4 is 17.7 Å². The highest BCUT2D eigenvalue weighted by Crippen LogP contribution is 2.21. The van der Waals surface area contributed by atoms with E-state index in [0.29, 0.717) is 17.0 Å². The lowest BCUT2D eigenvalue weighted by Gasteiger charge is -2.08. The maximum Gasteiger partial charge on any atom is 0.266 e. The Labute approximate surface area is 141 Å². The highest BCUT2D eigenvalue weighted by molar-refractivity contribution is 6.09. The third-order valence-corrected chi connectivity index (χ3v) is 3.17. The van der Waals surface area contributed by atoms with Gasteiger partial charge in [0.2, 0.25) is 0 Å². The van der Waals surface area contributed by atoms with Crippen molar-refractivity contribution in [3.63, 3.8) is 0 Å². The molecule has 4 nitrogen and oxygen atoms in total. The van der Waals surface area contributed by atoms with Gasteiger partial charge in [0.15, 0.2) is 0 Å². The van der Waals surface area contributed by atoms with Gasteiger partial charge in [-0.15, -0.1) is 6.42 Å². The number of carbonyl (C=O) groups is 1. The number of nitriles is 1. The molecule has 1 amide bonds. The molecule has 0 aliphatic carbocycles. The highest BCUT2D eigenvalue weighted by Gasteiger charge is 2.11. The second kappa shape index (κ2) is 8.22. The van der Waals surface area contributed by atoms with Gasteiger partial charge in [0, 0.05) is 11.3 Å². The van der Waals surface area contributed by atoms with Crippen LogP contribution >= 0.6 is 0 Å². The van der Waals surface area contributed by atoms with E-state index in [4.69, 9.17) is 11.2 Å². The molecule has 0 aliphatic heterocycles. The number of carbonyl (C=O) groups excluding carboxylic acids is 1. The van der Waals surface area contributed by atoms with Crippen LogP contribution in [0.25, 0.3) is 6.08 Å². The molecule has 0 saturated carbocycles.